The Balaban J connectivity index is 1.39. The van der Waals surface area contributed by atoms with Crippen molar-refractivity contribution < 1.29 is 43.7 Å². The van der Waals surface area contributed by atoms with Crippen LogP contribution in [-0.4, -0.2) is 57.6 Å². The number of ether oxygens (including phenoxy) is 1. The van der Waals surface area contributed by atoms with Crippen molar-refractivity contribution in [2.45, 2.75) is 59.5 Å². The highest BCUT2D eigenvalue weighted by molar-refractivity contribution is 6.32. The van der Waals surface area contributed by atoms with Crippen LogP contribution in [0.1, 0.15) is 72.9 Å². The van der Waals surface area contributed by atoms with Crippen LogP contribution in [0.15, 0.2) is 60.7 Å². The maximum atomic E-state index is 14.5. The first-order chi connectivity index (χ1) is 23.0. The number of hydrogen-bond donors (Lipinski definition) is 2. The standard InChI is InChI=1S/C40H40O9/c1-20(2)32-34(44)30(21(3)41)36(46)40(48)37(47)33-35(45)31-27(18-38(33,4)19-39(32,40)5)26(15-16-28(31)42)23-9-7-22(8-10-23)17-29(43)24-11-13-25(49-6)14-12-24/h7-16,20,30,32-33,42,48H,17-19H2,1-6H3/t30?,32?,33?,38-,39-,40+/m1/s1. The molecule has 0 radical (unpaired) electrons. The minimum atomic E-state index is -2.74. The third kappa shape index (κ3) is 4.92. The normalized spacial score (nSPS) is 29.3. The number of ketones is 6. The summed E-state index contributed by atoms with van der Waals surface area (Å²) in [5.41, 5.74) is -2.28. The number of phenolic OH excluding ortho intramolecular Hbond substituents is 1. The van der Waals surface area contributed by atoms with E-state index in [0.717, 1.165) is 18.1 Å². The van der Waals surface area contributed by atoms with Gasteiger partial charge in [-0.1, -0.05) is 58.0 Å². The Labute approximate surface area is 284 Å². The van der Waals surface area contributed by atoms with E-state index in [1.165, 1.54) is 6.07 Å². The van der Waals surface area contributed by atoms with E-state index in [4.69, 9.17) is 4.74 Å². The molecule has 0 spiro atoms. The Morgan fingerprint density at radius 1 is 0.918 bits per heavy atom. The Kier molecular flexibility index (Phi) is 8.14. The molecule has 3 aromatic carbocycles. The molecule has 9 nitrogen and oxygen atoms in total. The van der Waals surface area contributed by atoms with E-state index in [0.29, 0.717) is 22.4 Å². The lowest BCUT2D eigenvalue weighted by atomic mass is 9.40. The number of aliphatic hydroxyl groups is 1. The number of Topliss-reactive ketones (excluding diaryl/α,β-unsaturated/α-hetero) is 6. The molecule has 6 rings (SSSR count). The summed E-state index contributed by atoms with van der Waals surface area (Å²) in [5.74, 6) is -8.70. The molecule has 3 aliphatic rings. The summed E-state index contributed by atoms with van der Waals surface area (Å²) in [4.78, 5) is 82.0. The molecule has 3 unspecified atom stereocenters. The molecule has 0 amide bonds. The monoisotopic (exact) mass is 664 g/mol. The predicted octanol–water partition coefficient (Wildman–Crippen LogP) is 5.19. The second kappa shape index (κ2) is 11.7. The molecule has 0 bridgehead atoms. The minimum absolute atomic E-state index is 0.0233. The van der Waals surface area contributed by atoms with Crippen molar-refractivity contribution in [3.63, 3.8) is 0 Å². The summed E-state index contributed by atoms with van der Waals surface area (Å²) in [5, 5.41) is 23.2. The molecule has 2 N–H and O–H groups in total. The van der Waals surface area contributed by atoms with Gasteiger partial charge in [0, 0.05) is 23.3 Å². The molecule has 254 valence electrons. The first kappa shape index (κ1) is 34.1. The maximum Gasteiger partial charge on any atom is 0.190 e. The van der Waals surface area contributed by atoms with E-state index in [2.05, 4.69) is 0 Å². The second-order valence-electron chi connectivity index (χ2n) is 14.8. The number of fused-ring (bicyclic) bond motifs is 3. The van der Waals surface area contributed by atoms with Crippen LogP contribution in [-0.2, 0) is 32.0 Å². The summed E-state index contributed by atoms with van der Waals surface area (Å²) in [7, 11) is 1.56. The average molecular weight is 665 g/mol. The van der Waals surface area contributed by atoms with Crippen molar-refractivity contribution in [1.82, 2.24) is 0 Å². The molecule has 0 heterocycles. The van der Waals surface area contributed by atoms with Crippen molar-refractivity contribution in [3.05, 3.63) is 82.9 Å². The first-order valence-corrected chi connectivity index (χ1v) is 16.5. The predicted molar refractivity (Wildman–Crippen MR) is 179 cm³/mol. The van der Waals surface area contributed by atoms with Gasteiger partial charge in [-0.15, -0.1) is 0 Å². The number of methoxy groups -OCH3 is 1. The molecular formula is C40H40O9. The van der Waals surface area contributed by atoms with Crippen LogP contribution in [0, 0.1) is 34.5 Å². The summed E-state index contributed by atoms with van der Waals surface area (Å²) < 4.78 is 5.17. The maximum absolute atomic E-state index is 14.5. The van der Waals surface area contributed by atoms with Crippen LogP contribution < -0.4 is 4.74 Å². The van der Waals surface area contributed by atoms with E-state index in [9.17, 15) is 39.0 Å². The molecule has 49 heavy (non-hydrogen) atoms. The number of carbonyl (C=O) groups is 6. The Bertz CT molecular complexity index is 1940. The molecule has 3 aliphatic carbocycles. The van der Waals surface area contributed by atoms with Crippen molar-refractivity contribution >= 4 is 34.7 Å². The van der Waals surface area contributed by atoms with Gasteiger partial charge in [0.15, 0.2) is 34.5 Å². The van der Waals surface area contributed by atoms with Crippen molar-refractivity contribution in [2.24, 2.45) is 34.5 Å². The van der Waals surface area contributed by atoms with E-state index >= 15 is 0 Å². The lowest BCUT2D eigenvalue weighted by Gasteiger charge is -2.61. The van der Waals surface area contributed by atoms with Gasteiger partial charge >= 0.3 is 0 Å². The average Bonchev–Trinajstić information content (AvgIpc) is 3.03. The van der Waals surface area contributed by atoms with Gasteiger partial charge in [0.1, 0.15) is 23.2 Å². The van der Waals surface area contributed by atoms with Crippen LogP contribution >= 0.6 is 0 Å². The van der Waals surface area contributed by atoms with Crippen molar-refractivity contribution in [1.29, 1.82) is 0 Å². The van der Waals surface area contributed by atoms with Crippen LogP contribution in [0.2, 0.25) is 0 Å². The van der Waals surface area contributed by atoms with Gasteiger partial charge in [0.25, 0.3) is 0 Å². The SMILES string of the molecule is COc1ccc(C(=O)Cc2ccc(-c3ccc(O)c4c3C[C@]3(C)C[C@]5(C)C(C(C)C)C(=O)C(C(C)=O)C(=O)[C@]5(O)C(=O)C3C4=O)cc2)cc1. The van der Waals surface area contributed by atoms with Crippen molar-refractivity contribution in [2.75, 3.05) is 7.11 Å². The van der Waals surface area contributed by atoms with Gasteiger partial charge in [0.2, 0.25) is 0 Å². The number of carbonyl (C=O) groups excluding carboxylic acids is 6. The van der Waals surface area contributed by atoms with E-state index in [1.54, 1.807) is 65.1 Å². The number of aromatic hydroxyl groups is 1. The molecule has 2 saturated carbocycles. The third-order valence-corrected chi connectivity index (χ3v) is 11.3. The fraction of sp³-hybridized carbons (Fsp3) is 0.400. The number of hydrogen-bond acceptors (Lipinski definition) is 9. The molecule has 3 aromatic rings. The number of benzene rings is 3. The van der Waals surface area contributed by atoms with Crippen molar-refractivity contribution in [3.8, 4) is 22.6 Å². The second-order valence-corrected chi connectivity index (χ2v) is 14.8. The van der Waals surface area contributed by atoms with Gasteiger partial charge in [-0.3, -0.25) is 28.8 Å². The largest absolute Gasteiger partial charge is 0.507 e. The van der Waals surface area contributed by atoms with Gasteiger partial charge in [-0.25, -0.2) is 0 Å². The highest BCUT2D eigenvalue weighted by Crippen LogP contribution is 2.64. The molecule has 6 atom stereocenters. The topological polar surface area (TPSA) is 152 Å². The highest BCUT2D eigenvalue weighted by atomic mass is 16.5. The molecule has 9 heteroatoms. The Hall–Kier alpha value is -4.76. The molecule has 0 aromatic heterocycles. The smallest absolute Gasteiger partial charge is 0.190 e. The molecular weight excluding hydrogens is 624 g/mol. The van der Waals surface area contributed by atoms with Gasteiger partial charge in [0.05, 0.1) is 18.6 Å². The minimum Gasteiger partial charge on any atom is -0.507 e. The quantitative estimate of drug-likeness (QED) is 0.257. The molecule has 0 saturated heterocycles. The zero-order valence-electron chi connectivity index (χ0n) is 28.5. The van der Waals surface area contributed by atoms with Crippen LogP contribution in [0.4, 0.5) is 0 Å². The summed E-state index contributed by atoms with van der Waals surface area (Å²) in [6.07, 6.45) is 0.284. The Morgan fingerprint density at radius 3 is 2.12 bits per heavy atom. The lowest BCUT2D eigenvalue weighted by Crippen LogP contribution is -2.76. The van der Waals surface area contributed by atoms with Gasteiger partial charge < -0.3 is 14.9 Å². The van der Waals surface area contributed by atoms with Gasteiger partial charge in [-0.05, 0) is 83.7 Å². The van der Waals surface area contributed by atoms with Crippen LogP contribution in [0.5, 0.6) is 11.5 Å². The fourth-order valence-corrected chi connectivity index (χ4v) is 9.27. The van der Waals surface area contributed by atoms with Crippen LogP contribution in [0.3, 0.4) is 0 Å². The first-order valence-electron chi connectivity index (χ1n) is 16.5. The summed E-state index contributed by atoms with van der Waals surface area (Å²) >= 11 is 0. The number of phenols is 1. The summed E-state index contributed by atoms with van der Waals surface area (Å²) in [6.45, 7) is 7.91. The third-order valence-electron chi connectivity index (χ3n) is 11.3. The lowest BCUT2D eigenvalue weighted by molar-refractivity contribution is -0.205. The summed E-state index contributed by atoms with van der Waals surface area (Å²) in [6, 6.07) is 17.3. The molecule has 0 aliphatic heterocycles. The fourth-order valence-electron chi connectivity index (χ4n) is 9.27. The zero-order chi connectivity index (χ0) is 35.8. The number of rotatable bonds is 7. The Morgan fingerprint density at radius 2 is 1.55 bits per heavy atom. The van der Waals surface area contributed by atoms with Crippen LogP contribution in [0.25, 0.3) is 11.1 Å². The van der Waals surface area contributed by atoms with E-state index in [1.807, 2.05) is 24.3 Å². The van der Waals surface area contributed by atoms with Gasteiger partial charge in [-0.2, -0.15) is 0 Å². The van der Waals surface area contributed by atoms with E-state index in [-0.39, 0.29) is 36.4 Å². The highest BCUT2D eigenvalue weighted by Gasteiger charge is 2.76. The molecule has 2 fully saturated rings. The zero-order valence-corrected chi connectivity index (χ0v) is 28.5. The van der Waals surface area contributed by atoms with E-state index < -0.39 is 69.0 Å².